The molecule has 1 atom stereocenters. The van der Waals surface area contributed by atoms with E-state index in [2.05, 4.69) is 5.32 Å². The fourth-order valence-electron chi connectivity index (χ4n) is 1.32. The first-order valence-corrected chi connectivity index (χ1v) is 4.75. The van der Waals surface area contributed by atoms with Crippen LogP contribution in [-0.2, 0) is 10.4 Å². The SMILES string of the molecule is CC(=O)NCC(C)(O)c1ccc(F)cc1F. The third-order valence-corrected chi connectivity index (χ3v) is 2.19. The Morgan fingerprint density at radius 1 is 1.50 bits per heavy atom. The van der Waals surface area contributed by atoms with E-state index >= 15 is 0 Å². The number of carbonyl (C=O) groups is 1. The highest BCUT2D eigenvalue weighted by Crippen LogP contribution is 2.23. The first kappa shape index (κ1) is 12.6. The van der Waals surface area contributed by atoms with Gasteiger partial charge in [0.2, 0.25) is 5.91 Å². The van der Waals surface area contributed by atoms with Crippen LogP contribution in [0.4, 0.5) is 8.78 Å². The molecule has 1 aromatic rings. The van der Waals surface area contributed by atoms with Gasteiger partial charge in [-0.25, -0.2) is 8.78 Å². The number of nitrogens with one attached hydrogen (secondary N) is 1. The molecule has 1 aromatic carbocycles. The minimum atomic E-state index is -1.57. The molecule has 1 amide bonds. The molecule has 0 heterocycles. The molecule has 0 aliphatic rings. The summed E-state index contributed by atoms with van der Waals surface area (Å²) in [5.41, 5.74) is -1.62. The number of carbonyl (C=O) groups excluding carboxylic acids is 1. The Morgan fingerprint density at radius 3 is 2.62 bits per heavy atom. The molecule has 0 bridgehead atoms. The molecule has 0 aromatic heterocycles. The van der Waals surface area contributed by atoms with Gasteiger partial charge < -0.3 is 10.4 Å². The highest BCUT2D eigenvalue weighted by Gasteiger charge is 2.26. The lowest BCUT2D eigenvalue weighted by molar-refractivity contribution is -0.120. The monoisotopic (exact) mass is 229 g/mol. The molecule has 2 N–H and O–H groups in total. The van der Waals surface area contributed by atoms with Crippen LogP contribution in [0.2, 0.25) is 0 Å². The van der Waals surface area contributed by atoms with Gasteiger partial charge in [-0.15, -0.1) is 0 Å². The van der Waals surface area contributed by atoms with E-state index in [0.29, 0.717) is 6.07 Å². The van der Waals surface area contributed by atoms with Crippen molar-refractivity contribution in [3.8, 4) is 0 Å². The van der Waals surface area contributed by atoms with Crippen LogP contribution >= 0.6 is 0 Å². The van der Waals surface area contributed by atoms with E-state index in [1.165, 1.54) is 13.8 Å². The van der Waals surface area contributed by atoms with Crippen molar-refractivity contribution in [2.24, 2.45) is 0 Å². The van der Waals surface area contributed by atoms with Crippen LogP contribution in [0.3, 0.4) is 0 Å². The molecular formula is C11H13F2NO2. The number of rotatable bonds is 3. The summed E-state index contributed by atoms with van der Waals surface area (Å²) in [6, 6.07) is 2.91. The third-order valence-electron chi connectivity index (χ3n) is 2.19. The van der Waals surface area contributed by atoms with Crippen molar-refractivity contribution in [2.75, 3.05) is 6.54 Å². The van der Waals surface area contributed by atoms with Crippen LogP contribution in [0.25, 0.3) is 0 Å². The zero-order valence-electron chi connectivity index (χ0n) is 9.05. The minimum absolute atomic E-state index is 0.0531. The van der Waals surface area contributed by atoms with Crippen molar-refractivity contribution in [3.63, 3.8) is 0 Å². The molecule has 5 heteroatoms. The maximum absolute atomic E-state index is 13.4. The predicted octanol–water partition coefficient (Wildman–Crippen LogP) is 1.31. The summed E-state index contributed by atoms with van der Waals surface area (Å²) >= 11 is 0. The van der Waals surface area contributed by atoms with Gasteiger partial charge in [-0.1, -0.05) is 6.07 Å². The summed E-state index contributed by atoms with van der Waals surface area (Å²) in [5.74, 6) is -1.88. The van der Waals surface area contributed by atoms with Crippen LogP contribution in [0.15, 0.2) is 18.2 Å². The molecule has 0 saturated carbocycles. The van der Waals surface area contributed by atoms with E-state index in [4.69, 9.17) is 0 Å². The average molecular weight is 229 g/mol. The highest BCUT2D eigenvalue weighted by molar-refractivity contribution is 5.72. The molecule has 0 saturated heterocycles. The summed E-state index contributed by atoms with van der Waals surface area (Å²) < 4.78 is 26.0. The van der Waals surface area contributed by atoms with Gasteiger partial charge in [-0.05, 0) is 13.0 Å². The number of benzene rings is 1. The lowest BCUT2D eigenvalue weighted by Gasteiger charge is -2.24. The molecule has 16 heavy (non-hydrogen) atoms. The van der Waals surface area contributed by atoms with Crippen LogP contribution in [0.1, 0.15) is 19.4 Å². The molecular weight excluding hydrogens is 216 g/mol. The molecule has 0 fully saturated rings. The molecule has 0 radical (unpaired) electrons. The van der Waals surface area contributed by atoms with Gasteiger partial charge in [0.25, 0.3) is 0 Å². The van der Waals surface area contributed by atoms with E-state index in [1.807, 2.05) is 0 Å². The molecule has 1 unspecified atom stereocenters. The molecule has 0 aliphatic heterocycles. The van der Waals surface area contributed by atoms with Crippen molar-refractivity contribution in [3.05, 3.63) is 35.4 Å². The average Bonchev–Trinajstić information content (AvgIpc) is 2.14. The summed E-state index contributed by atoms with van der Waals surface area (Å²) in [7, 11) is 0. The molecule has 3 nitrogen and oxygen atoms in total. The normalized spacial score (nSPS) is 14.3. The quantitative estimate of drug-likeness (QED) is 0.821. The van der Waals surface area contributed by atoms with Gasteiger partial charge in [-0.2, -0.15) is 0 Å². The third kappa shape index (κ3) is 3.00. The maximum atomic E-state index is 13.4. The Labute approximate surface area is 92.1 Å². The first-order valence-electron chi connectivity index (χ1n) is 4.75. The van der Waals surface area contributed by atoms with Crippen LogP contribution in [0, 0.1) is 11.6 Å². The van der Waals surface area contributed by atoms with Gasteiger partial charge >= 0.3 is 0 Å². The number of aliphatic hydroxyl groups is 1. The summed E-state index contributed by atoms with van der Waals surface area (Å²) in [4.78, 5) is 10.7. The Bertz CT molecular complexity index is 405. The van der Waals surface area contributed by atoms with Crippen molar-refractivity contribution in [1.82, 2.24) is 5.32 Å². The first-order chi connectivity index (χ1) is 7.33. The van der Waals surface area contributed by atoms with Crippen LogP contribution in [-0.4, -0.2) is 17.6 Å². The highest BCUT2D eigenvalue weighted by atomic mass is 19.1. The second-order valence-electron chi connectivity index (χ2n) is 3.81. The predicted molar refractivity (Wildman–Crippen MR) is 54.6 cm³/mol. The summed E-state index contributed by atoms with van der Waals surface area (Å²) in [6.45, 7) is 2.50. The van der Waals surface area contributed by atoms with Crippen molar-refractivity contribution >= 4 is 5.91 Å². The van der Waals surface area contributed by atoms with E-state index in [1.54, 1.807) is 0 Å². The van der Waals surface area contributed by atoms with E-state index in [-0.39, 0.29) is 18.0 Å². The topological polar surface area (TPSA) is 49.3 Å². The van der Waals surface area contributed by atoms with E-state index in [9.17, 15) is 18.7 Å². The second kappa shape index (κ2) is 4.57. The zero-order chi connectivity index (χ0) is 12.3. The fourth-order valence-corrected chi connectivity index (χ4v) is 1.32. The summed E-state index contributed by atoms with van der Waals surface area (Å²) in [5, 5.41) is 12.3. The van der Waals surface area contributed by atoms with E-state index < -0.39 is 17.2 Å². The van der Waals surface area contributed by atoms with Crippen LogP contribution in [0.5, 0.6) is 0 Å². The molecule has 0 spiro atoms. The van der Waals surface area contributed by atoms with Crippen LogP contribution < -0.4 is 5.32 Å². The standard InChI is InChI=1S/C11H13F2NO2/c1-7(15)14-6-11(2,16)9-4-3-8(12)5-10(9)13/h3-5,16H,6H2,1-2H3,(H,14,15). The Morgan fingerprint density at radius 2 is 2.12 bits per heavy atom. The van der Waals surface area contributed by atoms with E-state index in [0.717, 1.165) is 12.1 Å². The number of hydrogen-bond acceptors (Lipinski definition) is 2. The number of amides is 1. The molecule has 88 valence electrons. The Balaban J connectivity index is 2.92. The van der Waals surface area contributed by atoms with Crippen molar-refractivity contribution < 1.29 is 18.7 Å². The Hall–Kier alpha value is -1.49. The maximum Gasteiger partial charge on any atom is 0.216 e. The minimum Gasteiger partial charge on any atom is -0.383 e. The van der Waals surface area contributed by atoms with Gasteiger partial charge in [-0.3, -0.25) is 4.79 Å². The number of halogens is 2. The van der Waals surface area contributed by atoms with Crippen molar-refractivity contribution in [2.45, 2.75) is 19.4 Å². The van der Waals surface area contributed by atoms with Gasteiger partial charge in [0.1, 0.15) is 17.2 Å². The number of hydrogen-bond donors (Lipinski definition) is 2. The smallest absolute Gasteiger partial charge is 0.216 e. The Kier molecular flexibility index (Phi) is 3.59. The largest absolute Gasteiger partial charge is 0.383 e. The lowest BCUT2D eigenvalue weighted by Crippen LogP contribution is -2.38. The van der Waals surface area contributed by atoms with Crippen molar-refractivity contribution in [1.29, 1.82) is 0 Å². The van der Waals surface area contributed by atoms with Gasteiger partial charge in [0.05, 0.1) is 6.54 Å². The van der Waals surface area contributed by atoms with Gasteiger partial charge in [0, 0.05) is 18.6 Å². The fraction of sp³-hybridized carbons (Fsp3) is 0.364. The summed E-state index contributed by atoms with van der Waals surface area (Å²) in [6.07, 6.45) is 0. The molecule has 0 aliphatic carbocycles. The molecule has 1 rings (SSSR count). The van der Waals surface area contributed by atoms with Gasteiger partial charge in [0.15, 0.2) is 0 Å². The zero-order valence-corrected chi connectivity index (χ0v) is 9.05. The second-order valence-corrected chi connectivity index (χ2v) is 3.81. The lowest BCUT2D eigenvalue weighted by atomic mass is 9.95.